The summed E-state index contributed by atoms with van der Waals surface area (Å²) >= 11 is 1.60. The number of hydrogen-bond donors (Lipinski definition) is 0. The number of aromatic nitrogens is 4. The van der Waals surface area contributed by atoms with E-state index < -0.39 is 0 Å². The van der Waals surface area contributed by atoms with Crippen LogP contribution in [-0.2, 0) is 19.9 Å². The molecule has 0 fully saturated rings. The smallest absolute Gasteiger partial charge is 0.261 e. The summed E-state index contributed by atoms with van der Waals surface area (Å²) < 4.78 is 1.91. The second-order valence-corrected chi connectivity index (χ2v) is 7.20. The third-order valence-corrected chi connectivity index (χ3v) is 5.68. The Morgan fingerprint density at radius 3 is 2.88 bits per heavy atom. The average molecular weight is 353 g/mol. The van der Waals surface area contributed by atoms with Crippen molar-refractivity contribution < 1.29 is 4.79 Å². The fraction of sp³-hybridized carbons (Fsp3) is 0.333. The Balaban J connectivity index is 1.71. The lowest BCUT2D eigenvalue weighted by Crippen LogP contribution is -2.30. The molecule has 25 heavy (non-hydrogen) atoms. The summed E-state index contributed by atoms with van der Waals surface area (Å²) in [7, 11) is 1.96. The van der Waals surface area contributed by atoms with Gasteiger partial charge in [-0.1, -0.05) is 0 Å². The first-order valence-corrected chi connectivity index (χ1v) is 9.15. The van der Waals surface area contributed by atoms with Crippen molar-refractivity contribution >= 4 is 22.4 Å². The lowest BCUT2D eigenvalue weighted by atomic mass is 10.0. The zero-order chi connectivity index (χ0) is 17.6. The largest absolute Gasteiger partial charge is 0.284 e. The topological polar surface area (TPSA) is 63.9 Å². The maximum Gasteiger partial charge on any atom is 0.261 e. The molecule has 0 saturated carbocycles. The number of amides is 1. The van der Waals surface area contributed by atoms with Crippen molar-refractivity contribution in [2.45, 2.75) is 26.7 Å². The predicted octanol–water partition coefficient (Wildman–Crippen LogP) is 3.01. The number of anilines is 1. The number of fused-ring (bicyclic) bond motifs is 3. The molecule has 0 atom stereocenters. The predicted molar refractivity (Wildman–Crippen MR) is 98.0 cm³/mol. The van der Waals surface area contributed by atoms with E-state index in [0.717, 1.165) is 34.9 Å². The van der Waals surface area contributed by atoms with Crippen LogP contribution in [0.3, 0.4) is 0 Å². The summed E-state index contributed by atoms with van der Waals surface area (Å²) in [5.41, 5.74) is 4.76. The van der Waals surface area contributed by atoms with Crippen molar-refractivity contribution in [3.8, 4) is 11.3 Å². The van der Waals surface area contributed by atoms with E-state index in [4.69, 9.17) is 4.98 Å². The monoisotopic (exact) mass is 353 g/mol. The van der Waals surface area contributed by atoms with Crippen molar-refractivity contribution in [3.63, 3.8) is 0 Å². The van der Waals surface area contributed by atoms with Gasteiger partial charge < -0.3 is 0 Å². The molecule has 0 aromatic carbocycles. The second-order valence-electron chi connectivity index (χ2n) is 6.13. The first-order chi connectivity index (χ1) is 12.1. The quantitative estimate of drug-likeness (QED) is 0.726. The number of carbonyl (C=O) groups excluding carboxylic acids is 1. The number of nitrogens with zero attached hydrogens (tertiary/aromatic N) is 5. The van der Waals surface area contributed by atoms with Gasteiger partial charge in [-0.05, 0) is 38.8 Å². The summed E-state index contributed by atoms with van der Waals surface area (Å²) in [4.78, 5) is 24.9. The van der Waals surface area contributed by atoms with Crippen LogP contribution in [0.4, 0.5) is 5.13 Å². The van der Waals surface area contributed by atoms with Gasteiger partial charge in [0.15, 0.2) is 5.13 Å². The van der Waals surface area contributed by atoms with Gasteiger partial charge in [-0.3, -0.25) is 19.4 Å². The molecular weight excluding hydrogens is 334 g/mol. The van der Waals surface area contributed by atoms with Crippen LogP contribution < -0.4 is 4.90 Å². The van der Waals surface area contributed by atoms with E-state index in [1.54, 1.807) is 22.4 Å². The average Bonchev–Trinajstić information content (AvgIpc) is 3.19. The van der Waals surface area contributed by atoms with Crippen molar-refractivity contribution in [2.24, 2.45) is 7.05 Å². The Morgan fingerprint density at radius 2 is 2.16 bits per heavy atom. The lowest BCUT2D eigenvalue weighted by Gasteiger charge is -2.17. The third-order valence-electron chi connectivity index (χ3n) is 4.54. The van der Waals surface area contributed by atoms with Gasteiger partial charge in [-0.2, -0.15) is 5.10 Å². The molecule has 3 heterocycles. The van der Waals surface area contributed by atoms with Gasteiger partial charge in [0.1, 0.15) is 0 Å². The SMILES string of the molecule is CCN(C(=O)c1ccc(C)nc1)c1nc2c(s1)CCc1c-2cnn1C. The summed E-state index contributed by atoms with van der Waals surface area (Å²) in [6, 6.07) is 3.68. The molecule has 0 aliphatic heterocycles. The van der Waals surface area contributed by atoms with E-state index in [1.807, 2.05) is 43.9 Å². The number of rotatable bonds is 3. The second kappa shape index (κ2) is 6.07. The highest BCUT2D eigenvalue weighted by molar-refractivity contribution is 7.16. The van der Waals surface area contributed by atoms with Gasteiger partial charge >= 0.3 is 0 Å². The molecule has 128 valence electrons. The van der Waals surface area contributed by atoms with Crippen LogP contribution in [0.15, 0.2) is 24.5 Å². The van der Waals surface area contributed by atoms with E-state index in [9.17, 15) is 4.79 Å². The minimum absolute atomic E-state index is 0.0625. The normalized spacial score (nSPS) is 12.6. The molecule has 4 rings (SSSR count). The molecule has 1 amide bonds. The molecule has 3 aromatic rings. The standard InChI is InChI=1S/C18H19N5OS/c1-4-23(17(24)12-6-5-11(2)19-9-12)18-21-16-13-10-20-22(3)14(13)7-8-15(16)25-18/h5-6,9-10H,4,7-8H2,1-3H3. The van der Waals surface area contributed by atoms with Crippen LogP contribution in [0.5, 0.6) is 0 Å². The number of thiazole rings is 1. The van der Waals surface area contributed by atoms with Gasteiger partial charge in [-0.25, -0.2) is 4.98 Å². The van der Waals surface area contributed by atoms with Crippen LogP contribution in [0.25, 0.3) is 11.3 Å². The molecule has 6 nitrogen and oxygen atoms in total. The Kier molecular flexibility index (Phi) is 3.88. The first-order valence-electron chi connectivity index (χ1n) is 8.34. The summed E-state index contributed by atoms with van der Waals surface area (Å²) in [6.07, 6.45) is 5.41. The molecule has 0 radical (unpaired) electrons. The minimum atomic E-state index is -0.0625. The van der Waals surface area contributed by atoms with E-state index in [0.29, 0.717) is 12.1 Å². The zero-order valence-electron chi connectivity index (χ0n) is 14.5. The van der Waals surface area contributed by atoms with Crippen molar-refractivity contribution in [3.05, 3.63) is 46.4 Å². The summed E-state index contributed by atoms with van der Waals surface area (Å²) in [5, 5.41) is 5.10. The molecule has 0 unspecified atom stereocenters. The third kappa shape index (κ3) is 2.64. The van der Waals surface area contributed by atoms with Gasteiger partial charge in [0.2, 0.25) is 0 Å². The highest BCUT2D eigenvalue weighted by Crippen LogP contribution is 2.39. The van der Waals surface area contributed by atoms with Gasteiger partial charge in [-0.15, -0.1) is 11.3 Å². The molecule has 1 aliphatic carbocycles. The van der Waals surface area contributed by atoms with E-state index >= 15 is 0 Å². The molecule has 0 bridgehead atoms. The molecular formula is C18H19N5OS. The minimum Gasteiger partial charge on any atom is -0.284 e. The van der Waals surface area contributed by atoms with Crippen LogP contribution in [0.1, 0.15) is 33.5 Å². The van der Waals surface area contributed by atoms with Crippen molar-refractivity contribution in [1.29, 1.82) is 0 Å². The highest BCUT2D eigenvalue weighted by atomic mass is 32.1. The first kappa shape index (κ1) is 16.0. The lowest BCUT2D eigenvalue weighted by molar-refractivity contribution is 0.0988. The highest BCUT2D eigenvalue weighted by Gasteiger charge is 2.27. The Morgan fingerprint density at radius 1 is 1.32 bits per heavy atom. The summed E-state index contributed by atoms with van der Waals surface area (Å²) in [6.45, 7) is 4.45. The number of carbonyl (C=O) groups is 1. The van der Waals surface area contributed by atoms with E-state index in [-0.39, 0.29) is 5.91 Å². The molecule has 3 aromatic heterocycles. The molecule has 1 aliphatic rings. The Hall–Kier alpha value is -2.54. The maximum absolute atomic E-state index is 12.9. The van der Waals surface area contributed by atoms with Gasteiger partial charge in [0.25, 0.3) is 5.91 Å². The maximum atomic E-state index is 12.9. The molecule has 0 N–H and O–H groups in total. The van der Waals surface area contributed by atoms with Crippen LogP contribution in [0.2, 0.25) is 0 Å². The fourth-order valence-electron chi connectivity index (χ4n) is 3.14. The van der Waals surface area contributed by atoms with Crippen LogP contribution in [-0.4, -0.2) is 32.2 Å². The van der Waals surface area contributed by atoms with Gasteiger partial charge in [0, 0.05) is 41.6 Å². The Labute approximate surface area is 150 Å². The number of pyridine rings is 1. The number of hydrogen-bond acceptors (Lipinski definition) is 5. The van der Waals surface area contributed by atoms with Gasteiger partial charge in [0.05, 0.1) is 17.5 Å². The van der Waals surface area contributed by atoms with Crippen LogP contribution >= 0.6 is 11.3 Å². The number of aryl methyl sites for hydroxylation is 3. The van der Waals surface area contributed by atoms with Crippen molar-refractivity contribution in [1.82, 2.24) is 19.7 Å². The van der Waals surface area contributed by atoms with E-state index in [2.05, 4.69) is 10.1 Å². The zero-order valence-corrected chi connectivity index (χ0v) is 15.3. The molecule has 7 heteroatoms. The fourth-order valence-corrected chi connectivity index (χ4v) is 4.28. The molecule has 0 spiro atoms. The molecule has 0 saturated heterocycles. The van der Waals surface area contributed by atoms with Crippen molar-refractivity contribution in [2.75, 3.05) is 11.4 Å². The van der Waals surface area contributed by atoms with Crippen LogP contribution in [0, 0.1) is 6.92 Å². The summed E-state index contributed by atoms with van der Waals surface area (Å²) in [5.74, 6) is -0.0625. The van der Waals surface area contributed by atoms with E-state index in [1.165, 1.54) is 10.6 Å². The Bertz CT molecular complexity index is 941.